The maximum Gasteiger partial charge on any atom is 0.222 e. The van der Waals surface area contributed by atoms with E-state index in [2.05, 4.69) is 10.3 Å². The largest absolute Gasteiger partial charge is 0.344 e. The minimum atomic E-state index is -0.370. The summed E-state index contributed by atoms with van der Waals surface area (Å²) < 4.78 is 0. The lowest BCUT2D eigenvalue weighted by molar-refractivity contribution is -0.122. The fraction of sp³-hybridized carbons (Fsp3) is 0.636. The van der Waals surface area contributed by atoms with Crippen molar-refractivity contribution < 1.29 is 4.79 Å². The van der Waals surface area contributed by atoms with Gasteiger partial charge < -0.3 is 11.1 Å². The van der Waals surface area contributed by atoms with Crippen molar-refractivity contribution in [2.75, 3.05) is 6.54 Å². The van der Waals surface area contributed by atoms with Gasteiger partial charge in [-0.25, -0.2) is 4.98 Å². The second-order valence-corrected chi connectivity index (χ2v) is 4.92. The van der Waals surface area contributed by atoms with Crippen LogP contribution in [0.4, 0.5) is 0 Å². The molecule has 0 aromatic carbocycles. The number of amides is 1. The quantitative estimate of drug-likeness (QED) is 0.877. The van der Waals surface area contributed by atoms with Crippen molar-refractivity contribution in [1.29, 1.82) is 0 Å². The summed E-state index contributed by atoms with van der Waals surface area (Å²) in [5, 5.41) is 5.96. The van der Waals surface area contributed by atoms with Gasteiger partial charge in [0.1, 0.15) is 5.01 Å². The van der Waals surface area contributed by atoms with E-state index in [0.29, 0.717) is 13.0 Å². The van der Waals surface area contributed by atoms with Gasteiger partial charge in [0, 0.05) is 24.0 Å². The maximum atomic E-state index is 11.6. The van der Waals surface area contributed by atoms with Gasteiger partial charge in [-0.05, 0) is 20.3 Å². The first-order valence-electron chi connectivity index (χ1n) is 5.45. The summed E-state index contributed by atoms with van der Waals surface area (Å²) >= 11 is 1.58. The predicted octanol–water partition coefficient (Wildman–Crippen LogP) is 2.39. The van der Waals surface area contributed by atoms with Crippen molar-refractivity contribution in [2.24, 2.45) is 5.73 Å². The van der Waals surface area contributed by atoms with Crippen LogP contribution in [0.25, 0.3) is 0 Å². The van der Waals surface area contributed by atoms with E-state index in [0.717, 1.165) is 17.1 Å². The van der Waals surface area contributed by atoms with E-state index in [1.54, 1.807) is 11.3 Å². The molecule has 18 heavy (non-hydrogen) atoms. The topological polar surface area (TPSA) is 68.0 Å². The first-order chi connectivity index (χ1) is 7.51. The third kappa shape index (κ3) is 5.10. The summed E-state index contributed by atoms with van der Waals surface area (Å²) in [7, 11) is 0. The van der Waals surface area contributed by atoms with Crippen LogP contribution in [0.15, 0.2) is 5.38 Å². The number of hydrogen-bond donors (Lipinski definition) is 2. The minimum Gasteiger partial charge on any atom is -0.344 e. The molecule has 0 bridgehead atoms. The number of aryl methyl sites for hydroxylation is 1. The van der Waals surface area contributed by atoms with Crippen LogP contribution in [-0.4, -0.2) is 17.4 Å². The Morgan fingerprint density at radius 1 is 1.56 bits per heavy atom. The number of carbonyl (C=O) groups excluding carboxylic acids is 1. The highest BCUT2D eigenvalue weighted by Crippen LogP contribution is 2.27. The molecule has 1 aromatic rings. The third-order valence-corrected chi connectivity index (χ3v) is 3.81. The number of aromatic nitrogens is 1. The van der Waals surface area contributed by atoms with Crippen molar-refractivity contribution >= 4 is 42.1 Å². The van der Waals surface area contributed by atoms with Crippen LogP contribution in [0.3, 0.4) is 0 Å². The summed E-state index contributed by atoms with van der Waals surface area (Å²) in [6.07, 6.45) is 1.18. The zero-order chi connectivity index (χ0) is 12.2. The van der Waals surface area contributed by atoms with Gasteiger partial charge in [0.2, 0.25) is 5.91 Å². The molecule has 3 N–H and O–H groups in total. The lowest BCUT2D eigenvalue weighted by atomic mass is 9.99. The Bertz CT molecular complexity index is 373. The summed E-state index contributed by atoms with van der Waals surface area (Å²) in [6, 6.07) is 0. The molecule has 1 rings (SSSR count). The molecule has 0 spiro atoms. The Kier molecular flexibility index (Phi) is 9.64. The molecule has 0 aliphatic carbocycles. The highest BCUT2D eigenvalue weighted by Gasteiger charge is 2.29. The Morgan fingerprint density at radius 3 is 2.56 bits per heavy atom. The smallest absolute Gasteiger partial charge is 0.222 e. The first kappa shape index (κ1) is 20.0. The lowest BCUT2D eigenvalue weighted by Gasteiger charge is -2.27. The normalized spacial score (nSPS) is 12.9. The van der Waals surface area contributed by atoms with Crippen molar-refractivity contribution in [2.45, 2.75) is 39.2 Å². The predicted molar refractivity (Wildman–Crippen MR) is 80.8 cm³/mol. The van der Waals surface area contributed by atoms with Crippen LogP contribution in [0.1, 0.15) is 37.4 Å². The van der Waals surface area contributed by atoms with Gasteiger partial charge in [-0.1, -0.05) is 6.92 Å². The van der Waals surface area contributed by atoms with Crippen LogP contribution in [-0.2, 0) is 10.3 Å². The van der Waals surface area contributed by atoms with Crippen LogP contribution >= 0.6 is 36.2 Å². The second kappa shape index (κ2) is 8.69. The fourth-order valence-electron chi connectivity index (χ4n) is 1.40. The molecule has 0 radical (unpaired) electrons. The SMILES string of the molecule is CCC(C)(NC(=O)CCN)c1nc(C)cs1.Cl.Cl. The number of nitrogens with two attached hydrogens (primary N) is 1. The summed E-state index contributed by atoms with van der Waals surface area (Å²) in [5.74, 6) is -0.0142. The van der Waals surface area contributed by atoms with E-state index in [-0.39, 0.29) is 36.3 Å². The summed E-state index contributed by atoms with van der Waals surface area (Å²) in [4.78, 5) is 16.0. The standard InChI is InChI=1S/C11H19N3OS.2ClH/c1-4-11(3,14-9(15)5-6-12)10-13-8(2)7-16-10;;/h7H,4-6,12H2,1-3H3,(H,14,15);2*1H. The van der Waals surface area contributed by atoms with Gasteiger partial charge in [0.05, 0.1) is 5.54 Å². The zero-order valence-electron chi connectivity index (χ0n) is 10.9. The van der Waals surface area contributed by atoms with Gasteiger partial charge in [0.25, 0.3) is 0 Å². The Balaban J connectivity index is 0. The van der Waals surface area contributed by atoms with Gasteiger partial charge in [-0.15, -0.1) is 36.2 Å². The third-order valence-electron chi connectivity index (χ3n) is 2.58. The van der Waals surface area contributed by atoms with E-state index in [1.165, 1.54) is 0 Å². The molecule has 1 unspecified atom stereocenters. The van der Waals surface area contributed by atoms with Crippen LogP contribution in [0, 0.1) is 6.92 Å². The fourth-order valence-corrected chi connectivity index (χ4v) is 2.39. The molecule has 1 aromatic heterocycles. The van der Waals surface area contributed by atoms with E-state index < -0.39 is 0 Å². The molecule has 0 saturated heterocycles. The molecular weight excluding hydrogens is 293 g/mol. The lowest BCUT2D eigenvalue weighted by Crippen LogP contribution is -2.43. The Hall–Kier alpha value is -0.360. The van der Waals surface area contributed by atoms with Gasteiger partial charge in [-0.3, -0.25) is 4.79 Å². The van der Waals surface area contributed by atoms with E-state index >= 15 is 0 Å². The molecule has 0 fully saturated rings. The van der Waals surface area contributed by atoms with E-state index in [9.17, 15) is 4.79 Å². The number of halogens is 2. The van der Waals surface area contributed by atoms with Crippen molar-refractivity contribution in [3.05, 3.63) is 16.1 Å². The van der Waals surface area contributed by atoms with E-state index in [4.69, 9.17) is 5.73 Å². The molecule has 4 nitrogen and oxygen atoms in total. The summed E-state index contributed by atoms with van der Waals surface area (Å²) in [5.41, 5.74) is 5.98. The maximum absolute atomic E-state index is 11.6. The highest BCUT2D eigenvalue weighted by atomic mass is 35.5. The first-order valence-corrected chi connectivity index (χ1v) is 6.33. The number of nitrogens with zero attached hydrogens (tertiary/aromatic N) is 1. The van der Waals surface area contributed by atoms with E-state index in [1.807, 2.05) is 26.2 Å². The van der Waals surface area contributed by atoms with Crippen LogP contribution < -0.4 is 11.1 Å². The van der Waals surface area contributed by atoms with Gasteiger partial charge in [-0.2, -0.15) is 0 Å². The number of carbonyl (C=O) groups is 1. The molecule has 0 saturated carbocycles. The number of hydrogen-bond acceptors (Lipinski definition) is 4. The molecule has 7 heteroatoms. The zero-order valence-corrected chi connectivity index (χ0v) is 13.3. The minimum absolute atomic E-state index is 0. The average Bonchev–Trinajstić information content (AvgIpc) is 2.65. The summed E-state index contributed by atoms with van der Waals surface area (Å²) in [6.45, 7) is 6.37. The molecule has 0 aliphatic heterocycles. The average molecular weight is 314 g/mol. The van der Waals surface area contributed by atoms with Gasteiger partial charge in [0.15, 0.2) is 0 Å². The van der Waals surface area contributed by atoms with Gasteiger partial charge >= 0.3 is 0 Å². The van der Waals surface area contributed by atoms with Crippen molar-refractivity contribution in [3.63, 3.8) is 0 Å². The monoisotopic (exact) mass is 313 g/mol. The van der Waals surface area contributed by atoms with Crippen molar-refractivity contribution in [3.8, 4) is 0 Å². The van der Waals surface area contributed by atoms with Crippen LogP contribution in [0.5, 0.6) is 0 Å². The molecule has 1 heterocycles. The second-order valence-electron chi connectivity index (χ2n) is 4.07. The number of nitrogens with one attached hydrogen (secondary N) is 1. The van der Waals surface area contributed by atoms with Crippen LogP contribution in [0.2, 0.25) is 0 Å². The Labute approximate surface area is 125 Å². The molecule has 106 valence electrons. The Morgan fingerprint density at radius 2 is 2.17 bits per heavy atom. The van der Waals surface area contributed by atoms with Crippen molar-refractivity contribution in [1.82, 2.24) is 10.3 Å². The molecular formula is C11H21Cl2N3OS. The molecule has 1 atom stereocenters. The highest BCUT2D eigenvalue weighted by molar-refractivity contribution is 7.09. The molecule has 0 aliphatic rings. The molecule has 1 amide bonds. The number of thiazole rings is 1. The number of rotatable bonds is 5.